The number of hydrogen-bond acceptors (Lipinski definition) is 1. The molecule has 1 aliphatic carbocycles. The van der Waals surface area contributed by atoms with E-state index in [2.05, 4.69) is 0 Å². The van der Waals surface area contributed by atoms with E-state index in [-0.39, 0.29) is 6.42 Å². The van der Waals surface area contributed by atoms with Crippen LogP contribution in [-0.2, 0) is 12.6 Å². The maximum atomic E-state index is 12.6. The molecule has 1 unspecified atom stereocenters. The number of hydrogen-bond donors (Lipinski definition) is 1. The molecule has 1 atom stereocenters. The van der Waals surface area contributed by atoms with Crippen LogP contribution in [0.4, 0.5) is 13.2 Å². The minimum atomic E-state index is -4.33. The number of halogens is 3. The molecule has 0 bridgehead atoms. The zero-order chi connectivity index (χ0) is 13.2. The second kappa shape index (κ2) is 4.76. The average Bonchev–Trinajstić information content (AvgIpc) is 2.28. The topological polar surface area (TPSA) is 20.2 Å². The Kier molecular flexibility index (Phi) is 3.48. The van der Waals surface area contributed by atoms with E-state index in [4.69, 9.17) is 0 Å². The minimum Gasteiger partial charge on any atom is -0.385 e. The fourth-order valence-corrected chi connectivity index (χ4v) is 2.27. The third-order valence-electron chi connectivity index (χ3n) is 3.17. The molecule has 0 amide bonds. The molecule has 2 rings (SSSR count). The summed E-state index contributed by atoms with van der Waals surface area (Å²) in [5, 5.41) is 10.3. The molecule has 0 spiro atoms. The van der Waals surface area contributed by atoms with Crippen molar-refractivity contribution in [2.45, 2.75) is 37.5 Å². The molecule has 0 saturated carbocycles. The molecule has 1 N–H and O–H groups in total. The molecule has 0 aromatic heterocycles. The normalized spacial score (nSPS) is 24.2. The van der Waals surface area contributed by atoms with Crippen LogP contribution in [0.25, 0.3) is 0 Å². The van der Waals surface area contributed by atoms with E-state index in [0.29, 0.717) is 12.0 Å². The lowest BCUT2D eigenvalue weighted by Crippen LogP contribution is -2.30. The van der Waals surface area contributed by atoms with Crippen molar-refractivity contribution in [3.63, 3.8) is 0 Å². The molecular formula is C14H15F3O. The first kappa shape index (κ1) is 13.1. The van der Waals surface area contributed by atoms with E-state index in [1.165, 1.54) is 6.07 Å². The summed E-state index contributed by atoms with van der Waals surface area (Å²) in [6.07, 6.45) is 1.87. The summed E-state index contributed by atoms with van der Waals surface area (Å²) in [6, 6.07) is 5.16. The molecule has 0 saturated heterocycles. The maximum Gasteiger partial charge on any atom is 0.416 e. The van der Waals surface area contributed by atoms with Crippen LogP contribution >= 0.6 is 0 Å². The highest BCUT2D eigenvalue weighted by molar-refractivity contribution is 5.28. The van der Waals surface area contributed by atoms with Crippen LogP contribution in [0.2, 0.25) is 0 Å². The van der Waals surface area contributed by atoms with E-state index in [1.54, 1.807) is 12.1 Å². The first-order valence-corrected chi connectivity index (χ1v) is 5.95. The van der Waals surface area contributed by atoms with Gasteiger partial charge in [-0.1, -0.05) is 30.4 Å². The Hall–Kier alpha value is -1.29. The monoisotopic (exact) mass is 256 g/mol. The summed E-state index contributed by atoms with van der Waals surface area (Å²) < 4.78 is 37.7. The fraction of sp³-hybridized carbons (Fsp3) is 0.429. The van der Waals surface area contributed by atoms with Crippen LogP contribution in [0, 0.1) is 0 Å². The lowest BCUT2D eigenvalue weighted by Gasteiger charge is -2.27. The molecule has 0 heterocycles. The van der Waals surface area contributed by atoms with Gasteiger partial charge in [0, 0.05) is 6.42 Å². The van der Waals surface area contributed by atoms with Crippen molar-refractivity contribution < 1.29 is 18.3 Å². The van der Waals surface area contributed by atoms with Crippen molar-refractivity contribution in [2.75, 3.05) is 0 Å². The second-order valence-corrected chi connectivity index (χ2v) is 4.77. The van der Waals surface area contributed by atoms with Gasteiger partial charge < -0.3 is 5.11 Å². The van der Waals surface area contributed by atoms with Gasteiger partial charge in [-0.3, -0.25) is 0 Å². The fourth-order valence-electron chi connectivity index (χ4n) is 2.27. The molecular weight excluding hydrogens is 241 g/mol. The van der Waals surface area contributed by atoms with Gasteiger partial charge in [0.15, 0.2) is 0 Å². The lowest BCUT2D eigenvalue weighted by molar-refractivity contribution is -0.137. The van der Waals surface area contributed by atoms with Crippen LogP contribution in [0.5, 0.6) is 0 Å². The van der Waals surface area contributed by atoms with Gasteiger partial charge >= 0.3 is 6.18 Å². The van der Waals surface area contributed by atoms with Crippen molar-refractivity contribution in [2.24, 2.45) is 0 Å². The molecule has 1 aromatic rings. The summed E-state index contributed by atoms with van der Waals surface area (Å²) in [7, 11) is 0. The summed E-state index contributed by atoms with van der Waals surface area (Å²) in [5.74, 6) is 0. The Balaban J connectivity index is 2.19. The predicted octanol–water partition coefficient (Wildman–Crippen LogP) is 3.72. The Morgan fingerprint density at radius 1 is 1.28 bits per heavy atom. The van der Waals surface area contributed by atoms with E-state index >= 15 is 0 Å². The SMILES string of the molecule is OC1(Cc2cccc(C(F)(F)F)c2)C=CCCC1. The van der Waals surface area contributed by atoms with Gasteiger partial charge in [-0.05, 0) is 30.9 Å². The highest BCUT2D eigenvalue weighted by Gasteiger charge is 2.31. The highest BCUT2D eigenvalue weighted by atomic mass is 19.4. The van der Waals surface area contributed by atoms with Gasteiger partial charge in [-0.15, -0.1) is 0 Å². The second-order valence-electron chi connectivity index (χ2n) is 4.77. The van der Waals surface area contributed by atoms with E-state index in [0.717, 1.165) is 25.0 Å². The van der Waals surface area contributed by atoms with Crippen LogP contribution in [-0.4, -0.2) is 10.7 Å². The standard InChI is InChI=1S/C14H15F3O/c15-14(16,17)12-6-4-5-11(9-12)10-13(18)7-2-1-3-8-13/h2,4-7,9,18H,1,3,8,10H2. The van der Waals surface area contributed by atoms with E-state index in [1.807, 2.05) is 6.08 Å². The van der Waals surface area contributed by atoms with Crippen LogP contribution in [0.1, 0.15) is 30.4 Å². The Bertz CT molecular complexity index is 451. The molecule has 1 aromatic carbocycles. The first-order valence-electron chi connectivity index (χ1n) is 5.95. The molecule has 98 valence electrons. The minimum absolute atomic E-state index is 0.230. The van der Waals surface area contributed by atoms with E-state index < -0.39 is 17.3 Å². The zero-order valence-electron chi connectivity index (χ0n) is 9.87. The third-order valence-corrected chi connectivity index (χ3v) is 3.17. The third kappa shape index (κ3) is 3.13. The molecule has 0 aliphatic heterocycles. The van der Waals surface area contributed by atoms with Gasteiger partial charge in [-0.25, -0.2) is 0 Å². The van der Waals surface area contributed by atoms with Crippen molar-refractivity contribution in [3.05, 3.63) is 47.5 Å². The van der Waals surface area contributed by atoms with Gasteiger partial charge in [0.05, 0.1) is 11.2 Å². The van der Waals surface area contributed by atoms with Gasteiger partial charge in [-0.2, -0.15) is 13.2 Å². The first-order chi connectivity index (χ1) is 8.39. The molecule has 1 aliphatic rings. The Labute approximate surface area is 104 Å². The van der Waals surface area contributed by atoms with Crippen LogP contribution in [0.3, 0.4) is 0 Å². The van der Waals surface area contributed by atoms with Crippen LogP contribution in [0.15, 0.2) is 36.4 Å². The zero-order valence-corrected chi connectivity index (χ0v) is 9.87. The number of aliphatic hydroxyl groups is 1. The summed E-state index contributed by atoms with van der Waals surface area (Å²) >= 11 is 0. The maximum absolute atomic E-state index is 12.6. The van der Waals surface area contributed by atoms with E-state index in [9.17, 15) is 18.3 Å². The Morgan fingerprint density at radius 3 is 2.67 bits per heavy atom. The van der Waals surface area contributed by atoms with Crippen molar-refractivity contribution in [3.8, 4) is 0 Å². The average molecular weight is 256 g/mol. The van der Waals surface area contributed by atoms with Gasteiger partial charge in [0.2, 0.25) is 0 Å². The van der Waals surface area contributed by atoms with Crippen molar-refractivity contribution in [1.29, 1.82) is 0 Å². The summed E-state index contributed by atoms with van der Waals surface area (Å²) in [4.78, 5) is 0. The lowest BCUT2D eigenvalue weighted by atomic mass is 9.85. The van der Waals surface area contributed by atoms with Crippen molar-refractivity contribution in [1.82, 2.24) is 0 Å². The number of allylic oxidation sites excluding steroid dienone is 1. The van der Waals surface area contributed by atoms with Crippen LogP contribution < -0.4 is 0 Å². The molecule has 1 nitrogen and oxygen atoms in total. The molecule has 0 radical (unpaired) electrons. The number of benzene rings is 1. The smallest absolute Gasteiger partial charge is 0.385 e. The molecule has 0 fully saturated rings. The summed E-state index contributed by atoms with van der Waals surface area (Å²) in [5.41, 5.74) is -1.15. The van der Waals surface area contributed by atoms with Gasteiger partial charge in [0.1, 0.15) is 0 Å². The van der Waals surface area contributed by atoms with Gasteiger partial charge in [0.25, 0.3) is 0 Å². The number of alkyl halides is 3. The quantitative estimate of drug-likeness (QED) is 0.799. The Morgan fingerprint density at radius 2 is 2.06 bits per heavy atom. The molecule has 18 heavy (non-hydrogen) atoms. The highest BCUT2D eigenvalue weighted by Crippen LogP contribution is 2.31. The molecule has 4 heteroatoms. The summed E-state index contributed by atoms with van der Waals surface area (Å²) in [6.45, 7) is 0. The number of rotatable bonds is 2. The largest absolute Gasteiger partial charge is 0.416 e. The van der Waals surface area contributed by atoms with Crippen molar-refractivity contribution >= 4 is 0 Å². The predicted molar refractivity (Wildman–Crippen MR) is 63.1 cm³/mol.